The second kappa shape index (κ2) is 9.56. The molecule has 1 amide bonds. The summed E-state index contributed by atoms with van der Waals surface area (Å²) in [6.45, 7) is 8.94. The van der Waals surface area contributed by atoms with Crippen molar-refractivity contribution in [3.63, 3.8) is 0 Å². The van der Waals surface area contributed by atoms with Gasteiger partial charge < -0.3 is 9.64 Å². The van der Waals surface area contributed by atoms with E-state index in [1.165, 1.54) is 24.3 Å². The lowest BCUT2D eigenvalue weighted by atomic mass is 10.1. The smallest absolute Gasteiger partial charge is 0.338 e. The molecule has 1 rings (SSSR count). The number of anilines is 1. The van der Waals surface area contributed by atoms with Gasteiger partial charge in [-0.25, -0.2) is 13.2 Å². The maximum atomic E-state index is 12.4. The maximum Gasteiger partial charge on any atom is 0.338 e. The van der Waals surface area contributed by atoms with Crippen molar-refractivity contribution >= 4 is 27.6 Å². The Morgan fingerprint density at radius 3 is 2.19 bits per heavy atom. The normalized spacial score (nSPS) is 11.5. The molecule has 0 spiro atoms. The van der Waals surface area contributed by atoms with E-state index in [0.29, 0.717) is 24.9 Å². The fourth-order valence-corrected chi connectivity index (χ4v) is 2.94. The number of ether oxygens (including phenoxy) is 1. The van der Waals surface area contributed by atoms with Gasteiger partial charge in [0.25, 0.3) is 5.91 Å². The fraction of sp³-hybridized carbons (Fsp3) is 0.556. The standard InChI is InChI=1S/C18H28N2O5S/c1-13(2)10-20(11-14(3)4)17(21)12-25-18(22)15-7-6-8-16(9-15)19-26(5,23)24/h6-9,13-14,19H,10-12H2,1-5H3. The SMILES string of the molecule is CC(C)CN(CC(C)C)C(=O)COC(=O)c1cccc(NS(C)(=O)=O)c1. The van der Waals surface area contributed by atoms with Crippen molar-refractivity contribution in [3.8, 4) is 0 Å². The highest BCUT2D eigenvalue weighted by molar-refractivity contribution is 7.92. The molecule has 1 aromatic carbocycles. The van der Waals surface area contributed by atoms with Crippen molar-refractivity contribution in [3.05, 3.63) is 29.8 Å². The molecule has 1 aromatic rings. The minimum Gasteiger partial charge on any atom is -0.452 e. The summed E-state index contributed by atoms with van der Waals surface area (Å²) in [5.74, 6) is -0.296. The van der Waals surface area contributed by atoms with E-state index < -0.39 is 16.0 Å². The van der Waals surface area contributed by atoms with Gasteiger partial charge in [0.1, 0.15) is 0 Å². The first-order chi connectivity index (χ1) is 12.0. The van der Waals surface area contributed by atoms with Crippen LogP contribution in [0.1, 0.15) is 38.1 Å². The van der Waals surface area contributed by atoms with Gasteiger partial charge in [0.2, 0.25) is 10.0 Å². The molecular formula is C18H28N2O5S. The molecule has 26 heavy (non-hydrogen) atoms. The molecule has 0 unspecified atom stereocenters. The largest absolute Gasteiger partial charge is 0.452 e. The van der Waals surface area contributed by atoms with Gasteiger partial charge in [0, 0.05) is 18.8 Å². The first-order valence-corrected chi connectivity index (χ1v) is 10.4. The van der Waals surface area contributed by atoms with Crippen molar-refractivity contribution in [1.29, 1.82) is 0 Å². The number of amides is 1. The average molecular weight is 384 g/mol. The van der Waals surface area contributed by atoms with E-state index in [-0.39, 0.29) is 23.8 Å². The summed E-state index contributed by atoms with van der Waals surface area (Å²) in [5, 5.41) is 0. The van der Waals surface area contributed by atoms with Crippen LogP contribution in [-0.2, 0) is 19.6 Å². The third kappa shape index (κ3) is 8.33. The van der Waals surface area contributed by atoms with Crippen molar-refractivity contribution in [2.75, 3.05) is 30.7 Å². The zero-order valence-corrected chi connectivity index (χ0v) is 16.8. The van der Waals surface area contributed by atoms with E-state index >= 15 is 0 Å². The van der Waals surface area contributed by atoms with Crippen LogP contribution in [0.25, 0.3) is 0 Å². The Morgan fingerprint density at radius 2 is 1.69 bits per heavy atom. The highest BCUT2D eigenvalue weighted by atomic mass is 32.2. The number of carbonyl (C=O) groups excluding carboxylic acids is 2. The average Bonchev–Trinajstić information content (AvgIpc) is 2.49. The summed E-state index contributed by atoms with van der Waals surface area (Å²) >= 11 is 0. The Bertz CT molecular complexity index is 719. The van der Waals surface area contributed by atoms with Crippen LogP contribution in [0.5, 0.6) is 0 Å². The van der Waals surface area contributed by atoms with Crippen LogP contribution in [0.2, 0.25) is 0 Å². The summed E-state index contributed by atoms with van der Waals surface area (Å²) in [4.78, 5) is 26.2. The maximum absolute atomic E-state index is 12.4. The molecule has 0 fully saturated rings. The van der Waals surface area contributed by atoms with Crippen molar-refractivity contribution < 1.29 is 22.7 Å². The molecular weight excluding hydrogens is 356 g/mol. The van der Waals surface area contributed by atoms with Gasteiger partial charge in [-0.05, 0) is 30.0 Å². The van der Waals surface area contributed by atoms with Gasteiger partial charge in [-0.3, -0.25) is 9.52 Å². The minimum atomic E-state index is -3.44. The lowest BCUT2D eigenvalue weighted by molar-refractivity contribution is -0.135. The fourth-order valence-electron chi connectivity index (χ4n) is 2.39. The van der Waals surface area contributed by atoms with E-state index in [1.807, 2.05) is 27.7 Å². The molecule has 0 saturated heterocycles. The predicted molar refractivity (Wildman–Crippen MR) is 101 cm³/mol. The van der Waals surface area contributed by atoms with Crippen LogP contribution < -0.4 is 4.72 Å². The topological polar surface area (TPSA) is 92.8 Å². The van der Waals surface area contributed by atoms with E-state index in [4.69, 9.17) is 4.74 Å². The molecule has 7 nitrogen and oxygen atoms in total. The highest BCUT2D eigenvalue weighted by Crippen LogP contribution is 2.13. The number of hydrogen-bond acceptors (Lipinski definition) is 5. The summed E-state index contributed by atoms with van der Waals surface area (Å²) in [6.07, 6.45) is 1.02. The van der Waals surface area contributed by atoms with Crippen LogP contribution in [0.4, 0.5) is 5.69 Å². The third-order valence-electron chi connectivity index (χ3n) is 3.25. The zero-order valence-electron chi connectivity index (χ0n) is 16.0. The Labute approximate surface area is 155 Å². The van der Waals surface area contributed by atoms with E-state index in [0.717, 1.165) is 6.26 Å². The monoisotopic (exact) mass is 384 g/mol. The highest BCUT2D eigenvalue weighted by Gasteiger charge is 2.18. The van der Waals surface area contributed by atoms with Crippen LogP contribution in [-0.4, -0.2) is 51.1 Å². The molecule has 1 N–H and O–H groups in total. The minimum absolute atomic E-state index is 0.172. The number of benzene rings is 1. The van der Waals surface area contributed by atoms with Gasteiger partial charge >= 0.3 is 5.97 Å². The van der Waals surface area contributed by atoms with Crippen molar-refractivity contribution in [2.45, 2.75) is 27.7 Å². The van der Waals surface area contributed by atoms with E-state index in [2.05, 4.69) is 4.72 Å². The van der Waals surface area contributed by atoms with Crippen LogP contribution in [0.3, 0.4) is 0 Å². The lowest BCUT2D eigenvalue weighted by Crippen LogP contribution is -2.39. The molecule has 0 saturated carbocycles. The predicted octanol–water partition coefficient (Wildman–Crippen LogP) is 2.36. The van der Waals surface area contributed by atoms with E-state index in [1.54, 1.807) is 4.90 Å². The van der Waals surface area contributed by atoms with Gasteiger partial charge in [0.05, 0.1) is 11.8 Å². The number of nitrogens with zero attached hydrogens (tertiary/aromatic N) is 1. The van der Waals surface area contributed by atoms with Crippen LogP contribution in [0.15, 0.2) is 24.3 Å². The number of hydrogen-bond donors (Lipinski definition) is 1. The van der Waals surface area contributed by atoms with E-state index in [9.17, 15) is 18.0 Å². The number of esters is 1. The summed E-state index contributed by atoms with van der Waals surface area (Å²) in [5.41, 5.74) is 0.431. The van der Waals surface area contributed by atoms with Gasteiger partial charge in [-0.2, -0.15) is 0 Å². The second-order valence-electron chi connectivity index (χ2n) is 7.12. The second-order valence-corrected chi connectivity index (χ2v) is 8.87. The molecule has 0 aromatic heterocycles. The Hall–Kier alpha value is -2.09. The number of rotatable bonds is 9. The summed E-state index contributed by atoms with van der Waals surface area (Å²) in [6, 6.07) is 5.93. The quantitative estimate of drug-likeness (QED) is 0.660. The molecule has 0 aliphatic carbocycles. The molecule has 0 radical (unpaired) electrons. The number of nitrogens with one attached hydrogen (secondary N) is 1. The van der Waals surface area contributed by atoms with Crippen LogP contribution in [0, 0.1) is 11.8 Å². The first-order valence-electron chi connectivity index (χ1n) is 8.50. The number of carbonyl (C=O) groups is 2. The zero-order chi connectivity index (χ0) is 19.9. The first kappa shape index (κ1) is 22.0. The molecule has 146 valence electrons. The Balaban J connectivity index is 2.72. The Morgan fingerprint density at radius 1 is 1.12 bits per heavy atom. The summed E-state index contributed by atoms with van der Waals surface area (Å²) < 4.78 is 29.9. The molecule has 0 heterocycles. The van der Waals surface area contributed by atoms with Gasteiger partial charge in [-0.1, -0.05) is 33.8 Å². The summed E-state index contributed by atoms with van der Waals surface area (Å²) in [7, 11) is -3.44. The Kier molecular flexibility index (Phi) is 8.08. The molecule has 0 aliphatic rings. The molecule has 0 bridgehead atoms. The molecule has 0 aliphatic heterocycles. The van der Waals surface area contributed by atoms with Crippen LogP contribution >= 0.6 is 0 Å². The third-order valence-corrected chi connectivity index (χ3v) is 3.86. The van der Waals surface area contributed by atoms with Gasteiger partial charge in [-0.15, -0.1) is 0 Å². The van der Waals surface area contributed by atoms with Crippen molar-refractivity contribution in [1.82, 2.24) is 4.90 Å². The molecule has 8 heteroatoms. The number of sulfonamides is 1. The molecule has 0 atom stereocenters. The van der Waals surface area contributed by atoms with Crippen molar-refractivity contribution in [2.24, 2.45) is 11.8 Å². The van der Waals surface area contributed by atoms with Gasteiger partial charge in [0.15, 0.2) is 6.61 Å². The lowest BCUT2D eigenvalue weighted by Gasteiger charge is -2.26.